The number of amides is 1. The Morgan fingerprint density at radius 3 is 2.83 bits per heavy atom. The first-order valence-corrected chi connectivity index (χ1v) is 9.55. The maximum absolute atomic E-state index is 12.3. The second-order valence-electron chi connectivity index (χ2n) is 7.25. The molecule has 2 atom stereocenters. The molecule has 1 heterocycles. The van der Waals surface area contributed by atoms with E-state index in [4.69, 9.17) is 0 Å². The zero-order valence-electron chi connectivity index (χ0n) is 15.1. The minimum absolute atomic E-state index is 0.230. The van der Waals surface area contributed by atoms with E-state index in [9.17, 15) is 4.79 Å². The molecule has 130 valence electrons. The van der Waals surface area contributed by atoms with Gasteiger partial charge in [0.2, 0.25) is 5.91 Å². The second kappa shape index (κ2) is 7.87. The van der Waals surface area contributed by atoms with E-state index in [-0.39, 0.29) is 5.91 Å². The molecule has 1 aliphatic carbocycles. The van der Waals surface area contributed by atoms with Gasteiger partial charge < -0.3 is 9.88 Å². The summed E-state index contributed by atoms with van der Waals surface area (Å²) in [5.74, 6) is 0.859. The lowest BCUT2D eigenvalue weighted by Crippen LogP contribution is -2.40. The van der Waals surface area contributed by atoms with Crippen molar-refractivity contribution in [1.82, 2.24) is 9.88 Å². The number of fused-ring (bicyclic) bond motifs is 1. The average molecular weight is 326 g/mol. The molecule has 0 unspecified atom stereocenters. The van der Waals surface area contributed by atoms with Gasteiger partial charge >= 0.3 is 0 Å². The van der Waals surface area contributed by atoms with Crippen LogP contribution in [-0.2, 0) is 17.8 Å². The van der Waals surface area contributed by atoms with Gasteiger partial charge in [0.1, 0.15) is 0 Å². The third-order valence-electron chi connectivity index (χ3n) is 5.52. The van der Waals surface area contributed by atoms with Crippen LogP contribution in [0.5, 0.6) is 0 Å². The lowest BCUT2D eigenvalue weighted by Gasteiger charge is -2.29. The Morgan fingerprint density at radius 2 is 2.04 bits per heavy atom. The zero-order chi connectivity index (χ0) is 16.9. The minimum atomic E-state index is 0.230. The maximum Gasteiger partial charge on any atom is 0.220 e. The Bertz CT molecular complexity index is 688. The molecular weight excluding hydrogens is 296 g/mol. The van der Waals surface area contributed by atoms with Gasteiger partial charge in [0.05, 0.1) is 0 Å². The van der Waals surface area contributed by atoms with Gasteiger partial charge in [-0.15, -0.1) is 0 Å². The number of nitrogens with one attached hydrogen (secondary N) is 1. The largest absolute Gasteiger partial charge is 0.353 e. The standard InChI is InChI=1S/C21H30N2O/c1-3-23-15-17(18-11-5-7-13-20(18)23)10-8-14-21(24)22-19-12-6-4-9-16(19)2/h5,7,11,13,15-16,19H,3-4,6,8-10,12,14H2,1-2H3,(H,22,24)/t16-,19-/m1/s1. The molecule has 0 bridgehead atoms. The van der Waals surface area contributed by atoms with Crippen LogP contribution in [-0.4, -0.2) is 16.5 Å². The summed E-state index contributed by atoms with van der Waals surface area (Å²) >= 11 is 0. The van der Waals surface area contributed by atoms with E-state index in [1.54, 1.807) is 0 Å². The van der Waals surface area contributed by atoms with Gasteiger partial charge in [-0.3, -0.25) is 4.79 Å². The summed E-state index contributed by atoms with van der Waals surface area (Å²) in [5, 5.41) is 4.60. The molecular formula is C21H30N2O. The van der Waals surface area contributed by atoms with Gasteiger partial charge in [-0.25, -0.2) is 0 Å². The number of hydrogen-bond acceptors (Lipinski definition) is 1. The Hall–Kier alpha value is -1.77. The smallest absolute Gasteiger partial charge is 0.220 e. The van der Waals surface area contributed by atoms with Crippen LogP contribution in [0.15, 0.2) is 30.5 Å². The van der Waals surface area contributed by atoms with E-state index in [0.29, 0.717) is 18.4 Å². The SMILES string of the molecule is CCn1cc(CCCC(=O)N[C@@H]2CCCC[C@H]2C)c2ccccc21. The summed E-state index contributed by atoms with van der Waals surface area (Å²) in [6.45, 7) is 5.43. The van der Waals surface area contributed by atoms with Crippen LogP contribution in [0.25, 0.3) is 10.9 Å². The van der Waals surface area contributed by atoms with Gasteiger partial charge in [-0.2, -0.15) is 0 Å². The van der Waals surface area contributed by atoms with E-state index in [1.165, 1.54) is 35.7 Å². The van der Waals surface area contributed by atoms with E-state index >= 15 is 0 Å². The number of hydrogen-bond donors (Lipinski definition) is 1. The molecule has 3 nitrogen and oxygen atoms in total. The van der Waals surface area contributed by atoms with Crippen molar-refractivity contribution in [2.45, 2.75) is 71.4 Å². The molecule has 0 saturated heterocycles. The maximum atomic E-state index is 12.3. The van der Waals surface area contributed by atoms with E-state index in [0.717, 1.165) is 25.8 Å². The fourth-order valence-corrected chi connectivity index (χ4v) is 4.03. The van der Waals surface area contributed by atoms with Crippen LogP contribution in [0.1, 0.15) is 57.9 Å². The highest BCUT2D eigenvalue weighted by Gasteiger charge is 2.22. The lowest BCUT2D eigenvalue weighted by molar-refractivity contribution is -0.122. The highest BCUT2D eigenvalue weighted by molar-refractivity contribution is 5.84. The number of rotatable bonds is 6. The van der Waals surface area contributed by atoms with Crippen LogP contribution >= 0.6 is 0 Å². The molecule has 1 saturated carbocycles. The van der Waals surface area contributed by atoms with Crippen LogP contribution in [0.4, 0.5) is 0 Å². The van der Waals surface area contributed by atoms with Crippen molar-refractivity contribution >= 4 is 16.8 Å². The van der Waals surface area contributed by atoms with Crippen LogP contribution in [0.3, 0.4) is 0 Å². The third kappa shape index (κ3) is 3.82. The summed E-state index contributed by atoms with van der Waals surface area (Å²) in [7, 11) is 0. The Morgan fingerprint density at radius 1 is 1.25 bits per heavy atom. The van der Waals surface area contributed by atoms with Gasteiger partial charge in [0.25, 0.3) is 0 Å². The molecule has 1 aromatic carbocycles. The van der Waals surface area contributed by atoms with Crippen molar-refractivity contribution in [2.24, 2.45) is 5.92 Å². The summed E-state index contributed by atoms with van der Waals surface area (Å²) in [4.78, 5) is 12.3. The first-order valence-electron chi connectivity index (χ1n) is 9.55. The second-order valence-corrected chi connectivity index (χ2v) is 7.25. The quantitative estimate of drug-likeness (QED) is 0.822. The van der Waals surface area contributed by atoms with Crippen molar-refractivity contribution in [3.63, 3.8) is 0 Å². The predicted octanol–water partition coefficient (Wildman–Crippen LogP) is 4.68. The molecule has 0 spiro atoms. The van der Waals surface area contributed by atoms with E-state index in [1.807, 2.05) is 0 Å². The number of aromatic nitrogens is 1. The minimum Gasteiger partial charge on any atom is -0.353 e. The van der Waals surface area contributed by atoms with Gasteiger partial charge in [0.15, 0.2) is 0 Å². The average Bonchev–Trinajstić information content (AvgIpc) is 2.95. The highest BCUT2D eigenvalue weighted by Crippen LogP contribution is 2.25. The monoisotopic (exact) mass is 326 g/mol. The molecule has 1 aromatic heterocycles. The molecule has 0 radical (unpaired) electrons. The Kier molecular flexibility index (Phi) is 5.60. The molecule has 2 aromatic rings. The van der Waals surface area contributed by atoms with Crippen LogP contribution < -0.4 is 5.32 Å². The summed E-state index contributed by atoms with van der Waals surface area (Å²) in [5.41, 5.74) is 2.67. The number of nitrogens with zero attached hydrogens (tertiary/aromatic N) is 1. The molecule has 3 rings (SSSR count). The Labute approximate surface area is 145 Å². The number of aryl methyl sites for hydroxylation is 2. The fraction of sp³-hybridized carbons (Fsp3) is 0.571. The predicted molar refractivity (Wildman–Crippen MR) is 100 cm³/mol. The highest BCUT2D eigenvalue weighted by atomic mass is 16.1. The van der Waals surface area contributed by atoms with Crippen molar-refractivity contribution in [3.8, 4) is 0 Å². The van der Waals surface area contributed by atoms with Gasteiger partial charge in [0, 0.05) is 36.1 Å². The van der Waals surface area contributed by atoms with Gasteiger partial charge in [-0.05, 0) is 50.2 Å². The number of carbonyl (C=O) groups excluding carboxylic acids is 1. The number of benzene rings is 1. The summed E-state index contributed by atoms with van der Waals surface area (Å²) in [6.07, 6.45) is 9.76. The van der Waals surface area contributed by atoms with E-state index in [2.05, 4.69) is 54.2 Å². The first-order chi connectivity index (χ1) is 11.7. The molecule has 1 aliphatic rings. The van der Waals surface area contributed by atoms with Crippen LogP contribution in [0, 0.1) is 5.92 Å². The summed E-state index contributed by atoms with van der Waals surface area (Å²) in [6, 6.07) is 8.97. The van der Waals surface area contributed by atoms with E-state index < -0.39 is 0 Å². The normalized spacial score (nSPS) is 21.1. The molecule has 1 amide bonds. The lowest BCUT2D eigenvalue weighted by atomic mass is 9.86. The van der Waals surface area contributed by atoms with Crippen LogP contribution in [0.2, 0.25) is 0 Å². The first kappa shape index (κ1) is 17.1. The van der Waals surface area contributed by atoms with Crippen molar-refractivity contribution in [2.75, 3.05) is 0 Å². The molecule has 1 N–H and O–H groups in total. The Balaban J connectivity index is 1.54. The van der Waals surface area contributed by atoms with Crippen molar-refractivity contribution < 1.29 is 4.79 Å². The summed E-state index contributed by atoms with van der Waals surface area (Å²) < 4.78 is 2.30. The molecule has 3 heteroatoms. The molecule has 24 heavy (non-hydrogen) atoms. The number of para-hydroxylation sites is 1. The molecule has 0 aliphatic heterocycles. The zero-order valence-corrected chi connectivity index (χ0v) is 15.1. The number of carbonyl (C=O) groups is 1. The topological polar surface area (TPSA) is 34.0 Å². The fourth-order valence-electron chi connectivity index (χ4n) is 4.03. The third-order valence-corrected chi connectivity index (χ3v) is 5.52. The van der Waals surface area contributed by atoms with Gasteiger partial charge in [-0.1, -0.05) is 38.0 Å². The van der Waals surface area contributed by atoms with Crippen molar-refractivity contribution in [3.05, 3.63) is 36.0 Å². The van der Waals surface area contributed by atoms with Crippen molar-refractivity contribution in [1.29, 1.82) is 0 Å². The molecule has 1 fully saturated rings.